The van der Waals surface area contributed by atoms with Crippen molar-refractivity contribution < 1.29 is 13.2 Å². The van der Waals surface area contributed by atoms with Gasteiger partial charge in [-0.2, -0.15) is 4.72 Å². The van der Waals surface area contributed by atoms with Crippen molar-refractivity contribution in [3.05, 3.63) is 29.8 Å². The van der Waals surface area contributed by atoms with E-state index in [4.69, 9.17) is 0 Å². The van der Waals surface area contributed by atoms with Gasteiger partial charge in [0.15, 0.2) is 0 Å². The van der Waals surface area contributed by atoms with Crippen LogP contribution < -0.4 is 10.0 Å². The largest absolute Gasteiger partial charge is 0.355 e. The van der Waals surface area contributed by atoms with E-state index in [1.807, 2.05) is 6.92 Å². The summed E-state index contributed by atoms with van der Waals surface area (Å²) in [6, 6.07) is 5.66. The molecule has 0 saturated heterocycles. The maximum atomic E-state index is 12.0. The predicted octanol–water partition coefficient (Wildman–Crippen LogP) is 0.798. The number of sulfonamides is 1. The number of hydrogen-bond acceptors (Lipinski definition) is 3. The molecule has 0 aliphatic carbocycles. The molecule has 0 radical (unpaired) electrons. The van der Waals surface area contributed by atoms with Gasteiger partial charge in [0.1, 0.15) is 0 Å². The molecule has 0 fully saturated rings. The predicted molar refractivity (Wildman–Crippen MR) is 69.6 cm³/mol. The van der Waals surface area contributed by atoms with Crippen LogP contribution in [0.25, 0.3) is 0 Å². The van der Waals surface area contributed by atoms with Crippen molar-refractivity contribution in [1.29, 1.82) is 0 Å². The molecule has 100 valence electrons. The number of nitrogens with one attached hydrogen (secondary N) is 2. The average molecular weight is 270 g/mol. The SMILES string of the molecule is CCNC(=O)[C@H](C)NS(=O)(=O)c1ccc(C)cc1. The second kappa shape index (κ2) is 5.97. The van der Waals surface area contributed by atoms with Crippen molar-refractivity contribution in [2.45, 2.75) is 31.7 Å². The summed E-state index contributed by atoms with van der Waals surface area (Å²) in [6.07, 6.45) is 0. The van der Waals surface area contributed by atoms with E-state index in [1.54, 1.807) is 19.1 Å². The molecule has 1 aromatic rings. The fourth-order valence-electron chi connectivity index (χ4n) is 1.40. The number of rotatable bonds is 5. The molecule has 0 aromatic heterocycles. The van der Waals surface area contributed by atoms with Gasteiger partial charge in [-0.3, -0.25) is 4.79 Å². The zero-order valence-electron chi connectivity index (χ0n) is 10.7. The van der Waals surface area contributed by atoms with Crippen LogP contribution in [0.4, 0.5) is 0 Å². The summed E-state index contributed by atoms with van der Waals surface area (Å²) >= 11 is 0. The molecule has 0 aliphatic heterocycles. The van der Waals surface area contributed by atoms with Crippen LogP contribution in [0.1, 0.15) is 19.4 Å². The molecular formula is C12H18N2O3S. The van der Waals surface area contributed by atoms with Crippen molar-refractivity contribution in [1.82, 2.24) is 10.0 Å². The average Bonchev–Trinajstić information content (AvgIpc) is 2.29. The summed E-state index contributed by atoms with van der Waals surface area (Å²) in [5.74, 6) is -0.340. The first-order valence-electron chi connectivity index (χ1n) is 5.73. The maximum Gasteiger partial charge on any atom is 0.241 e. The molecule has 0 bridgehead atoms. The molecule has 2 N–H and O–H groups in total. The van der Waals surface area contributed by atoms with Crippen LogP contribution >= 0.6 is 0 Å². The van der Waals surface area contributed by atoms with E-state index >= 15 is 0 Å². The number of aryl methyl sites for hydroxylation is 1. The van der Waals surface area contributed by atoms with E-state index < -0.39 is 16.1 Å². The van der Waals surface area contributed by atoms with E-state index in [-0.39, 0.29) is 10.8 Å². The molecule has 0 aliphatic rings. The van der Waals surface area contributed by atoms with Gasteiger partial charge in [0.05, 0.1) is 10.9 Å². The third-order valence-electron chi connectivity index (χ3n) is 2.41. The second-order valence-corrected chi connectivity index (χ2v) is 5.76. The molecule has 5 nitrogen and oxygen atoms in total. The van der Waals surface area contributed by atoms with E-state index in [0.717, 1.165) is 5.56 Å². The lowest BCUT2D eigenvalue weighted by molar-refractivity contribution is -0.122. The summed E-state index contributed by atoms with van der Waals surface area (Å²) in [6.45, 7) is 5.63. The monoisotopic (exact) mass is 270 g/mol. The maximum absolute atomic E-state index is 12.0. The van der Waals surface area contributed by atoms with E-state index in [2.05, 4.69) is 10.0 Å². The number of benzene rings is 1. The Hall–Kier alpha value is -1.40. The smallest absolute Gasteiger partial charge is 0.241 e. The van der Waals surface area contributed by atoms with Crippen LogP contribution in [0.3, 0.4) is 0 Å². The highest BCUT2D eigenvalue weighted by atomic mass is 32.2. The standard InChI is InChI=1S/C12H18N2O3S/c1-4-13-12(15)10(3)14-18(16,17)11-7-5-9(2)6-8-11/h5-8,10,14H,4H2,1-3H3,(H,13,15)/t10-/m0/s1. The number of amides is 1. The normalized spacial score (nSPS) is 13.1. The van der Waals surface area contributed by atoms with Crippen molar-refractivity contribution in [3.8, 4) is 0 Å². The molecule has 1 aromatic carbocycles. The van der Waals surface area contributed by atoms with E-state index in [9.17, 15) is 13.2 Å². The molecular weight excluding hydrogens is 252 g/mol. The minimum Gasteiger partial charge on any atom is -0.355 e. The fraction of sp³-hybridized carbons (Fsp3) is 0.417. The first kappa shape index (κ1) is 14.7. The molecule has 1 rings (SSSR count). The van der Waals surface area contributed by atoms with Crippen molar-refractivity contribution >= 4 is 15.9 Å². The van der Waals surface area contributed by atoms with Gasteiger partial charge in [-0.25, -0.2) is 8.42 Å². The van der Waals surface area contributed by atoms with Gasteiger partial charge in [0.25, 0.3) is 0 Å². The van der Waals surface area contributed by atoms with Gasteiger partial charge in [-0.1, -0.05) is 17.7 Å². The van der Waals surface area contributed by atoms with E-state index in [0.29, 0.717) is 6.54 Å². The van der Waals surface area contributed by atoms with Crippen molar-refractivity contribution in [2.24, 2.45) is 0 Å². The van der Waals surface area contributed by atoms with Crippen molar-refractivity contribution in [2.75, 3.05) is 6.54 Å². The Balaban J connectivity index is 2.82. The topological polar surface area (TPSA) is 75.3 Å². The minimum absolute atomic E-state index is 0.157. The summed E-state index contributed by atoms with van der Waals surface area (Å²) < 4.78 is 26.3. The summed E-state index contributed by atoms with van der Waals surface area (Å²) in [5, 5.41) is 2.56. The Morgan fingerprint density at radius 2 is 1.83 bits per heavy atom. The van der Waals surface area contributed by atoms with Gasteiger partial charge >= 0.3 is 0 Å². The van der Waals surface area contributed by atoms with Gasteiger partial charge in [0, 0.05) is 6.54 Å². The van der Waals surface area contributed by atoms with Crippen LogP contribution in [-0.4, -0.2) is 26.9 Å². The van der Waals surface area contributed by atoms with Crippen LogP contribution in [0, 0.1) is 6.92 Å². The molecule has 1 amide bonds. The number of hydrogen-bond donors (Lipinski definition) is 2. The lowest BCUT2D eigenvalue weighted by atomic mass is 10.2. The molecule has 0 unspecified atom stereocenters. The zero-order valence-corrected chi connectivity index (χ0v) is 11.5. The quantitative estimate of drug-likeness (QED) is 0.831. The summed E-state index contributed by atoms with van der Waals surface area (Å²) in [7, 11) is -3.65. The molecule has 0 heterocycles. The number of carbonyl (C=O) groups excluding carboxylic acids is 1. The fourth-order valence-corrected chi connectivity index (χ4v) is 2.60. The van der Waals surface area contributed by atoms with Gasteiger partial charge in [-0.05, 0) is 32.9 Å². The van der Waals surface area contributed by atoms with Crippen LogP contribution in [0.5, 0.6) is 0 Å². The van der Waals surface area contributed by atoms with Gasteiger partial charge in [-0.15, -0.1) is 0 Å². The van der Waals surface area contributed by atoms with Gasteiger partial charge in [0.2, 0.25) is 15.9 Å². The highest BCUT2D eigenvalue weighted by Crippen LogP contribution is 2.10. The highest BCUT2D eigenvalue weighted by molar-refractivity contribution is 7.89. The number of carbonyl (C=O) groups is 1. The molecule has 0 saturated carbocycles. The Kier molecular flexibility index (Phi) is 4.86. The highest BCUT2D eigenvalue weighted by Gasteiger charge is 2.21. The molecule has 18 heavy (non-hydrogen) atoms. The summed E-state index contributed by atoms with van der Waals surface area (Å²) in [4.78, 5) is 11.6. The third kappa shape index (κ3) is 3.82. The van der Waals surface area contributed by atoms with E-state index in [1.165, 1.54) is 19.1 Å². The first-order valence-corrected chi connectivity index (χ1v) is 7.22. The molecule has 6 heteroatoms. The number of likely N-dealkylation sites (N-methyl/N-ethyl adjacent to an activating group) is 1. The third-order valence-corrected chi connectivity index (χ3v) is 3.96. The second-order valence-electron chi connectivity index (χ2n) is 4.05. The minimum atomic E-state index is -3.65. The Morgan fingerprint density at radius 3 is 2.33 bits per heavy atom. The Bertz CT molecular complexity index is 509. The van der Waals surface area contributed by atoms with Crippen LogP contribution in [0.15, 0.2) is 29.2 Å². The van der Waals surface area contributed by atoms with Crippen LogP contribution in [0.2, 0.25) is 0 Å². The summed E-state index contributed by atoms with van der Waals surface area (Å²) in [5.41, 5.74) is 0.978. The zero-order chi connectivity index (χ0) is 13.8. The Labute approximate surface area is 108 Å². The lowest BCUT2D eigenvalue weighted by Crippen LogP contribution is -2.44. The lowest BCUT2D eigenvalue weighted by Gasteiger charge is -2.13. The molecule has 0 spiro atoms. The van der Waals surface area contributed by atoms with Crippen molar-refractivity contribution in [3.63, 3.8) is 0 Å². The Morgan fingerprint density at radius 1 is 1.28 bits per heavy atom. The molecule has 1 atom stereocenters. The first-order chi connectivity index (χ1) is 8.36. The van der Waals surface area contributed by atoms with Gasteiger partial charge < -0.3 is 5.32 Å². The van der Waals surface area contributed by atoms with Crippen LogP contribution in [-0.2, 0) is 14.8 Å².